The Hall–Kier alpha value is -8.08. The average Bonchev–Trinajstić information content (AvgIpc) is 3.97. The number of hydrogen-bond acceptors (Lipinski definition) is 3. The summed E-state index contributed by atoms with van der Waals surface area (Å²) in [5.74, 6) is 0.632. The number of para-hydroxylation sites is 1. The van der Waals surface area contributed by atoms with Gasteiger partial charge in [0.15, 0.2) is 0 Å². The molecule has 10 aromatic carbocycles. The topological polar surface area (TPSA) is 43.9 Å². The van der Waals surface area contributed by atoms with Gasteiger partial charge in [0, 0.05) is 32.5 Å². The van der Waals surface area contributed by atoms with E-state index in [2.05, 4.69) is 193 Å². The van der Waals surface area contributed by atoms with Crippen LogP contribution in [0.25, 0.3) is 105 Å². The van der Waals surface area contributed by atoms with E-state index in [1.807, 2.05) is 12.1 Å². The van der Waals surface area contributed by atoms with Gasteiger partial charge in [-0.1, -0.05) is 158 Å². The number of nitrogens with zero attached hydrogens (tertiary/aromatic N) is 3. The predicted molar refractivity (Wildman–Crippen MR) is 250 cm³/mol. The molecule has 1 aliphatic rings. The molecule has 1 aliphatic carbocycles. The van der Waals surface area contributed by atoms with Gasteiger partial charge in [-0.3, -0.25) is 4.57 Å². The lowest BCUT2D eigenvalue weighted by Crippen LogP contribution is -2.28. The molecule has 0 atom stereocenters. The Morgan fingerprint density at radius 2 is 1.11 bits per heavy atom. The molecule has 0 N–H and O–H groups in total. The molecule has 0 bridgehead atoms. The van der Waals surface area contributed by atoms with E-state index >= 15 is 0 Å². The molecule has 0 aliphatic heterocycles. The lowest BCUT2D eigenvalue weighted by molar-refractivity contribution is 0.669. The van der Waals surface area contributed by atoms with Crippen LogP contribution in [0.4, 0.5) is 0 Å². The summed E-state index contributed by atoms with van der Waals surface area (Å²) < 4.78 is 8.78. The van der Waals surface area contributed by atoms with Crippen LogP contribution in [0, 0.1) is 0 Å². The summed E-state index contributed by atoms with van der Waals surface area (Å²) in [6.07, 6.45) is 0. The van der Waals surface area contributed by atoms with Gasteiger partial charge < -0.3 is 4.42 Å². The predicted octanol–water partition coefficient (Wildman–Crippen LogP) is 14.4. The number of furan rings is 1. The van der Waals surface area contributed by atoms with Gasteiger partial charge in [-0.15, -0.1) is 0 Å². The van der Waals surface area contributed by atoms with Crippen LogP contribution in [-0.4, -0.2) is 14.5 Å². The van der Waals surface area contributed by atoms with Crippen molar-refractivity contribution < 1.29 is 4.42 Å². The Morgan fingerprint density at radius 3 is 1.95 bits per heavy atom. The van der Waals surface area contributed by atoms with Crippen molar-refractivity contribution in [3.8, 4) is 28.3 Å². The Kier molecular flexibility index (Phi) is 6.46. The van der Waals surface area contributed by atoms with Gasteiger partial charge in [0.2, 0.25) is 5.95 Å². The van der Waals surface area contributed by atoms with Gasteiger partial charge in [0.1, 0.15) is 11.2 Å². The second-order valence-corrected chi connectivity index (χ2v) is 16.4. The smallest absolute Gasteiger partial charge is 0.235 e. The van der Waals surface area contributed by atoms with E-state index < -0.39 is 5.41 Å². The van der Waals surface area contributed by atoms with Crippen LogP contribution in [0.2, 0.25) is 0 Å². The van der Waals surface area contributed by atoms with Gasteiger partial charge >= 0.3 is 0 Å². The highest BCUT2D eigenvalue weighted by molar-refractivity contribution is 6.28. The quantitative estimate of drug-likeness (QED) is 0.132. The summed E-state index contributed by atoms with van der Waals surface area (Å²) in [5.41, 5.74) is 13.6. The normalized spacial score (nSPS) is 13.4. The first-order valence-electron chi connectivity index (χ1n) is 20.9. The molecule has 0 unspecified atom stereocenters. The SMILES string of the molecule is c1ccc(C2(c3ccccc3)c3ccccc3-c3c2cc2c4c3ccc3cccc(c34)n2-c2nc(-c3ccc4c(c3)oc3ccccc34)c3cc4ccccc4cc3n2)cc1. The van der Waals surface area contributed by atoms with E-state index in [1.54, 1.807) is 0 Å². The van der Waals surface area contributed by atoms with Crippen molar-refractivity contribution in [1.82, 2.24) is 14.5 Å². The molecule has 61 heavy (non-hydrogen) atoms. The van der Waals surface area contributed by atoms with E-state index in [1.165, 1.54) is 54.9 Å². The number of aromatic nitrogens is 3. The van der Waals surface area contributed by atoms with Gasteiger partial charge in [0.05, 0.1) is 27.7 Å². The molecule has 0 saturated carbocycles. The first kappa shape index (κ1) is 32.8. The maximum atomic E-state index is 6.45. The molecule has 0 saturated heterocycles. The molecule has 4 heteroatoms. The highest BCUT2D eigenvalue weighted by atomic mass is 16.3. The van der Waals surface area contributed by atoms with E-state index in [-0.39, 0.29) is 0 Å². The fourth-order valence-electron chi connectivity index (χ4n) is 10.9. The molecule has 0 amide bonds. The van der Waals surface area contributed by atoms with E-state index in [4.69, 9.17) is 14.4 Å². The van der Waals surface area contributed by atoms with Crippen molar-refractivity contribution in [3.63, 3.8) is 0 Å². The van der Waals surface area contributed by atoms with Crippen LogP contribution in [0.1, 0.15) is 22.3 Å². The highest BCUT2D eigenvalue weighted by Crippen LogP contribution is 2.59. The molecular weight excluding hydrogens is 743 g/mol. The monoisotopic (exact) mass is 775 g/mol. The lowest BCUT2D eigenvalue weighted by Gasteiger charge is -2.34. The second kappa shape index (κ2) is 12.0. The zero-order chi connectivity index (χ0) is 39.8. The molecule has 3 heterocycles. The standard InChI is InChI=1S/C57H33N3O/c1-3-17-38(18-4-1)57(39-19-5-2-6-20-39)45-23-11-9-22-42(45)53-43-29-26-34-16-13-24-48-52(34)54(43)49(33-46(53)57)60(48)56-58-47-31-36-15-8-7-14-35(36)30-44(47)55(59-56)37-27-28-41-40-21-10-12-25-50(40)61-51(41)32-37/h1-33H. The molecule has 4 nitrogen and oxygen atoms in total. The fourth-order valence-corrected chi connectivity index (χ4v) is 10.9. The summed E-state index contributed by atoms with van der Waals surface area (Å²) >= 11 is 0. The van der Waals surface area contributed by atoms with Crippen LogP contribution >= 0.6 is 0 Å². The third kappa shape index (κ3) is 4.33. The Balaban J connectivity index is 1.13. The van der Waals surface area contributed by atoms with E-state index in [0.717, 1.165) is 65.9 Å². The van der Waals surface area contributed by atoms with E-state index in [9.17, 15) is 0 Å². The number of benzene rings is 10. The van der Waals surface area contributed by atoms with Crippen molar-refractivity contribution >= 4 is 76.2 Å². The average molecular weight is 776 g/mol. The molecule has 0 radical (unpaired) electrons. The molecule has 0 fully saturated rings. The minimum absolute atomic E-state index is 0.565. The van der Waals surface area contributed by atoms with Crippen molar-refractivity contribution in [1.29, 1.82) is 0 Å². The first-order valence-corrected chi connectivity index (χ1v) is 20.9. The maximum Gasteiger partial charge on any atom is 0.235 e. The Morgan fingerprint density at radius 1 is 0.426 bits per heavy atom. The zero-order valence-corrected chi connectivity index (χ0v) is 32.8. The Bertz CT molecular complexity index is 3900. The maximum absolute atomic E-state index is 6.45. The lowest BCUT2D eigenvalue weighted by atomic mass is 9.67. The van der Waals surface area contributed by atoms with Gasteiger partial charge in [-0.05, 0) is 97.4 Å². The largest absolute Gasteiger partial charge is 0.456 e. The summed E-state index contributed by atoms with van der Waals surface area (Å²) in [5, 5.41) is 10.4. The Labute approximate surface area is 349 Å². The van der Waals surface area contributed by atoms with Crippen LogP contribution in [0.3, 0.4) is 0 Å². The zero-order valence-electron chi connectivity index (χ0n) is 32.8. The molecular formula is C57H33N3O. The summed E-state index contributed by atoms with van der Waals surface area (Å²) in [7, 11) is 0. The van der Waals surface area contributed by atoms with Gasteiger partial charge in [-0.25, -0.2) is 9.97 Å². The number of hydrogen-bond donors (Lipinski definition) is 0. The third-order valence-electron chi connectivity index (χ3n) is 13.4. The van der Waals surface area contributed by atoms with Crippen molar-refractivity contribution in [2.45, 2.75) is 5.41 Å². The summed E-state index contributed by atoms with van der Waals surface area (Å²) in [6.45, 7) is 0. The summed E-state index contributed by atoms with van der Waals surface area (Å²) in [6, 6.07) is 72.5. The number of rotatable bonds is 4. The van der Waals surface area contributed by atoms with Crippen molar-refractivity contribution in [2.24, 2.45) is 0 Å². The van der Waals surface area contributed by atoms with Crippen LogP contribution in [0.15, 0.2) is 205 Å². The van der Waals surface area contributed by atoms with Crippen LogP contribution < -0.4 is 0 Å². The van der Waals surface area contributed by atoms with Crippen molar-refractivity contribution in [3.05, 3.63) is 222 Å². The van der Waals surface area contributed by atoms with Crippen LogP contribution in [0.5, 0.6) is 0 Å². The number of fused-ring (bicyclic) bond motifs is 9. The second-order valence-electron chi connectivity index (χ2n) is 16.4. The van der Waals surface area contributed by atoms with Crippen LogP contribution in [-0.2, 0) is 5.41 Å². The van der Waals surface area contributed by atoms with Gasteiger partial charge in [-0.2, -0.15) is 0 Å². The van der Waals surface area contributed by atoms with E-state index in [0.29, 0.717) is 5.95 Å². The first-order chi connectivity index (χ1) is 30.2. The molecule has 0 spiro atoms. The molecule has 3 aromatic heterocycles. The molecule has 13 aromatic rings. The van der Waals surface area contributed by atoms with Gasteiger partial charge in [0.25, 0.3) is 0 Å². The minimum Gasteiger partial charge on any atom is -0.456 e. The summed E-state index contributed by atoms with van der Waals surface area (Å²) in [4.78, 5) is 11.2. The fraction of sp³-hybridized carbons (Fsp3) is 0.0175. The minimum atomic E-state index is -0.565. The molecule has 282 valence electrons. The molecule has 14 rings (SSSR count). The van der Waals surface area contributed by atoms with Crippen molar-refractivity contribution in [2.75, 3.05) is 0 Å². The third-order valence-corrected chi connectivity index (χ3v) is 13.4. The highest BCUT2D eigenvalue weighted by Gasteiger charge is 2.47.